The quantitative estimate of drug-likeness (QED) is 0.772. The van der Waals surface area contributed by atoms with Gasteiger partial charge >= 0.3 is 6.09 Å². The number of aliphatic imine (C=N–C) groups is 1. The lowest BCUT2D eigenvalue weighted by molar-refractivity contribution is 0.0521. The van der Waals surface area contributed by atoms with Crippen LogP contribution in [0.4, 0.5) is 4.79 Å². The van der Waals surface area contributed by atoms with E-state index in [1.807, 2.05) is 27.7 Å². The van der Waals surface area contributed by atoms with E-state index < -0.39 is 17.9 Å². The minimum absolute atomic E-state index is 0.225. The number of alkyl carbamates (subject to hydrolysis) is 1. The number of rotatable bonds is 2. The van der Waals surface area contributed by atoms with Gasteiger partial charge in [-0.3, -0.25) is 0 Å². The molecule has 1 heterocycles. The van der Waals surface area contributed by atoms with Crippen molar-refractivity contribution in [3.8, 4) is 0 Å². The summed E-state index contributed by atoms with van der Waals surface area (Å²) in [4.78, 5) is 15.5. The molecule has 2 unspecified atom stereocenters. The number of aliphatic hydroxyl groups excluding tert-OH is 1. The Hall–Kier alpha value is -0.750. The summed E-state index contributed by atoms with van der Waals surface area (Å²) in [6, 6.07) is -0.225. The normalized spacial score (nSPS) is 22.6. The fourth-order valence-electron chi connectivity index (χ4n) is 1.16. The molecule has 0 saturated heterocycles. The molecule has 0 saturated carbocycles. The van der Waals surface area contributed by atoms with Crippen LogP contribution < -0.4 is 5.32 Å². The number of amides is 1. The number of ether oxygens (including phenoxy) is 1. The van der Waals surface area contributed by atoms with Crippen LogP contribution in [0.25, 0.3) is 0 Å². The Morgan fingerprint density at radius 2 is 2.31 bits per heavy atom. The van der Waals surface area contributed by atoms with Crippen molar-refractivity contribution in [1.82, 2.24) is 5.32 Å². The van der Waals surface area contributed by atoms with Gasteiger partial charge in [0.05, 0.1) is 11.1 Å². The van der Waals surface area contributed by atoms with E-state index in [0.717, 1.165) is 5.04 Å². The molecule has 0 spiro atoms. The summed E-state index contributed by atoms with van der Waals surface area (Å²) < 4.78 is 5.12. The molecule has 6 heteroatoms. The van der Waals surface area contributed by atoms with Gasteiger partial charge in [0, 0.05) is 5.75 Å². The Kier molecular flexibility index (Phi) is 4.21. The minimum atomic E-state index is -0.650. The van der Waals surface area contributed by atoms with Crippen molar-refractivity contribution in [2.75, 3.05) is 5.75 Å². The molecule has 0 aromatic carbocycles. The molecule has 0 fully saturated rings. The second-order valence-corrected chi connectivity index (χ2v) is 5.67. The van der Waals surface area contributed by atoms with Crippen molar-refractivity contribution in [2.24, 2.45) is 4.99 Å². The third-order valence-corrected chi connectivity index (χ3v) is 2.98. The van der Waals surface area contributed by atoms with E-state index in [-0.39, 0.29) is 6.04 Å². The monoisotopic (exact) mass is 246 g/mol. The summed E-state index contributed by atoms with van der Waals surface area (Å²) in [7, 11) is 0. The SMILES string of the molecule is CC(NC(=O)OC(C)(C)C)C1=NC(O)CS1. The first-order valence-corrected chi connectivity index (χ1v) is 6.14. The number of carbonyl (C=O) groups excluding carboxylic acids is 1. The van der Waals surface area contributed by atoms with Crippen molar-refractivity contribution in [3.63, 3.8) is 0 Å². The summed E-state index contributed by atoms with van der Waals surface area (Å²) in [5.74, 6) is 0.551. The van der Waals surface area contributed by atoms with Crippen molar-refractivity contribution < 1.29 is 14.6 Å². The Labute approximate surface area is 99.7 Å². The fourth-order valence-corrected chi connectivity index (χ4v) is 2.06. The van der Waals surface area contributed by atoms with Crippen molar-refractivity contribution in [2.45, 2.75) is 45.6 Å². The van der Waals surface area contributed by atoms with Gasteiger partial charge in [0.25, 0.3) is 0 Å². The van der Waals surface area contributed by atoms with E-state index in [2.05, 4.69) is 10.3 Å². The smallest absolute Gasteiger partial charge is 0.408 e. The first-order chi connectivity index (χ1) is 7.28. The molecule has 0 radical (unpaired) electrons. The molecular weight excluding hydrogens is 228 g/mol. The van der Waals surface area contributed by atoms with Gasteiger partial charge in [0.2, 0.25) is 0 Å². The summed E-state index contributed by atoms with van der Waals surface area (Å²) >= 11 is 1.45. The molecule has 92 valence electrons. The number of aliphatic hydroxyl groups is 1. The molecular formula is C10H18N2O3S. The maximum absolute atomic E-state index is 11.4. The van der Waals surface area contributed by atoms with E-state index in [1.165, 1.54) is 11.8 Å². The molecule has 5 nitrogen and oxygen atoms in total. The number of nitrogens with one attached hydrogen (secondary N) is 1. The summed E-state index contributed by atoms with van der Waals surface area (Å²) in [5, 5.41) is 12.6. The highest BCUT2D eigenvalue weighted by molar-refractivity contribution is 8.14. The third-order valence-electron chi connectivity index (χ3n) is 1.76. The van der Waals surface area contributed by atoms with Gasteiger partial charge in [-0.25, -0.2) is 9.79 Å². The number of carbonyl (C=O) groups is 1. The van der Waals surface area contributed by atoms with Crippen LogP contribution in [0.3, 0.4) is 0 Å². The second-order valence-electron chi connectivity index (χ2n) is 4.63. The minimum Gasteiger partial charge on any atom is -0.444 e. The fraction of sp³-hybridized carbons (Fsp3) is 0.800. The van der Waals surface area contributed by atoms with Crippen LogP contribution >= 0.6 is 11.8 Å². The Morgan fingerprint density at radius 1 is 1.69 bits per heavy atom. The van der Waals surface area contributed by atoms with Crippen LogP contribution in [-0.2, 0) is 4.74 Å². The molecule has 1 amide bonds. The lowest BCUT2D eigenvalue weighted by Crippen LogP contribution is -2.40. The maximum Gasteiger partial charge on any atom is 0.408 e. The molecule has 0 aromatic heterocycles. The second kappa shape index (κ2) is 5.05. The molecule has 0 bridgehead atoms. The molecule has 1 aliphatic rings. The van der Waals surface area contributed by atoms with Crippen molar-refractivity contribution >= 4 is 22.9 Å². The molecule has 1 aliphatic heterocycles. The van der Waals surface area contributed by atoms with Crippen LogP contribution in [0.5, 0.6) is 0 Å². The molecule has 0 aromatic rings. The first-order valence-electron chi connectivity index (χ1n) is 5.16. The maximum atomic E-state index is 11.4. The highest BCUT2D eigenvalue weighted by atomic mass is 32.2. The van der Waals surface area contributed by atoms with E-state index in [4.69, 9.17) is 4.74 Å². The number of hydrogen-bond donors (Lipinski definition) is 2. The molecule has 2 atom stereocenters. The van der Waals surface area contributed by atoms with Gasteiger partial charge in [0.15, 0.2) is 6.23 Å². The Bertz CT molecular complexity index is 299. The van der Waals surface area contributed by atoms with E-state index >= 15 is 0 Å². The topological polar surface area (TPSA) is 70.9 Å². The Morgan fingerprint density at radius 3 is 2.75 bits per heavy atom. The molecule has 0 aliphatic carbocycles. The van der Waals surface area contributed by atoms with Gasteiger partial charge in [0.1, 0.15) is 5.60 Å². The lowest BCUT2D eigenvalue weighted by Gasteiger charge is -2.21. The average Bonchev–Trinajstić information content (AvgIpc) is 2.47. The highest BCUT2D eigenvalue weighted by Gasteiger charge is 2.24. The Balaban J connectivity index is 2.43. The van der Waals surface area contributed by atoms with Crippen molar-refractivity contribution in [1.29, 1.82) is 0 Å². The van der Waals surface area contributed by atoms with Gasteiger partial charge in [-0.1, -0.05) is 0 Å². The summed E-state index contributed by atoms with van der Waals surface area (Å²) in [6.45, 7) is 7.24. The van der Waals surface area contributed by atoms with Crippen LogP contribution in [0, 0.1) is 0 Å². The van der Waals surface area contributed by atoms with Gasteiger partial charge in [-0.15, -0.1) is 11.8 Å². The summed E-state index contributed by atoms with van der Waals surface area (Å²) in [5.41, 5.74) is -0.506. The molecule has 2 N–H and O–H groups in total. The highest BCUT2D eigenvalue weighted by Crippen LogP contribution is 2.19. The van der Waals surface area contributed by atoms with E-state index in [9.17, 15) is 9.90 Å². The van der Waals surface area contributed by atoms with Gasteiger partial charge in [-0.2, -0.15) is 0 Å². The molecule has 16 heavy (non-hydrogen) atoms. The summed E-state index contributed by atoms with van der Waals surface area (Å²) in [6.07, 6.45) is -1.12. The van der Waals surface area contributed by atoms with Crippen LogP contribution in [0.2, 0.25) is 0 Å². The van der Waals surface area contributed by atoms with Crippen molar-refractivity contribution in [3.05, 3.63) is 0 Å². The van der Waals surface area contributed by atoms with Gasteiger partial charge in [-0.05, 0) is 27.7 Å². The van der Waals surface area contributed by atoms with Gasteiger partial charge < -0.3 is 15.2 Å². The van der Waals surface area contributed by atoms with Crippen LogP contribution in [0.15, 0.2) is 4.99 Å². The van der Waals surface area contributed by atoms with E-state index in [0.29, 0.717) is 5.75 Å². The number of hydrogen-bond acceptors (Lipinski definition) is 5. The third kappa shape index (κ3) is 4.40. The predicted molar refractivity (Wildman–Crippen MR) is 64.7 cm³/mol. The standard InChI is InChI=1S/C10H18N2O3S/c1-6(8-12-7(13)5-16-8)11-9(14)15-10(2,3)4/h6-7,13H,5H2,1-4H3,(H,11,14). The largest absolute Gasteiger partial charge is 0.444 e. The number of thioether (sulfide) groups is 1. The zero-order valence-corrected chi connectivity index (χ0v) is 10.8. The zero-order valence-electron chi connectivity index (χ0n) is 9.98. The first kappa shape index (κ1) is 13.3. The van der Waals surface area contributed by atoms with Crippen LogP contribution in [0.1, 0.15) is 27.7 Å². The average molecular weight is 246 g/mol. The van der Waals surface area contributed by atoms with Crippen LogP contribution in [-0.4, -0.2) is 39.9 Å². The molecule has 1 rings (SSSR count). The number of nitrogens with zero attached hydrogens (tertiary/aromatic N) is 1. The lowest BCUT2D eigenvalue weighted by atomic mass is 10.2. The predicted octanol–water partition coefficient (Wildman–Crippen LogP) is 1.36. The zero-order chi connectivity index (χ0) is 12.3. The van der Waals surface area contributed by atoms with E-state index in [1.54, 1.807) is 0 Å².